The number of benzene rings is 2. The molecule has 2 aromatic rings. The zero-order valence-electron chi connectivity index (χ0n) is 17.6. The first-order valence-electron chi connectivity index (χ1n) is 9.55. The quantitative estimate of drug-likeness (QED) is 0.668. The lowest BCUT2D eigenvalue weighted by molar-refractivity contribution is -0.118. The average Bonchev–Trinajstić information content (AvgIpc) is 2.64. The molecule has 0 aromatic heterocycles. The van der Waals surface area contributed by atoms with Crippen LogP contribution in [0.3, 0.4) is 0 Å². The Bertz CT molecular complexity index is 765. The summed E-state index contributed by atoms with van der Waals surface area (Å²) in [6, 6.07) is 17.4. The molecular weight excluding hydrogens is 443 g/mol. The summed E-state index contributed by atoms with van der Waals surface area (Å²) in [5, 5.41) is 0. The number of halogens is 3. The molecule has 1 aliphatic rings. The van der Waals surface area contributed by atoms with Crippen LogP contribution in [0.25, 0.3) is 11.1 Å². The third-order valence-corrected chi connectivity index (χ3v) is 5.09. The van der Waals surface area contributed by atoms with E-state index < -0.39 is 0 Å². The third kappa shape index (κ3) is 8.80. The van der Waals surface area contributed by atoms with Gasteiger partial charge in [-0.3, -0.25) is 14.6 Å². The molecule has 0 unspecified atom stereocenters. The van der Waals surface area contributed by atoms with Gasteiger partial charge in [-0.25, -0.2) is 0 Å². The largest absolute Gasteiger partial charge is 0.369 e. The first-order chi connectivity index (χ1) is 13.0. The molecule has 1 fully saturated rings. The second kappa shape index (κ2) is 13.9. The van der Waals surface area contributed by atoms with Crippen LogP contribution < -0.4 is 5.73 Å². The van der Waals surface area contributed by atoms with Crippen molar-refractivity contribution >= 4 is 43.1 Å². The molecule has 1 saturated heterocycles. The van der Waals surface area contributed by atoms with Gasteiger partial charge in [-0.1, -0.05) is 42.5 Å². The van der Waals surface area contributed by atoms with Crippen LogP contribution in [-0.4, -0.2) is 67.4 Å². The van der Waals surface area contributed by atoms with Gasteiger partial charge in [0.05, 0.1) is 6.54 Å². The summed E-state index contributed by atoms with van der Waals surface area (Å²) >= 11 is 0. The molecule has 0 aliphatic carbocycles. The lowest BCUT2D eigenvalue weighted by Gasteiger charge is -2.32. The molecule has 0 saturated carbocycles. The first kappa shape index (κ1) is 28.7. The Balaban J connectivity index is 0.00000280. The molecule has 3 rings (SSSR count). The molecule has 30 heavy (non-hydrogen) atoms. The highest BCUT2D eigenvalue weighted by atomic mass is 35.5. The zero-order valence-corrected chi connectivity index (χ0v) is 20.1. The second-order valence-electron chi connectivity index (χ2n) is 7.62. The second-order valence-corrected chi connectivity index (χ2v) is 7.62. The average molecular weight is 476 g/mol. The van der Waals surface area contributed by atoms with E-state index >= 15 is 0 Å². The van der Waals surface area contributed by atoms with Gasteiger partial charge in [0.2, 0.25) is 5.91 Å². The number of carbonyl (C=O) groups excluding carboxylic acids is 1. The normalized spacial score (nSPS) is 14.4. The van der Waals surface area contributed by atoms with Crippen molar-refractivity contribution < 1.29 is 4.79 Å². The number of likely N-dealkylation sites (N-methyl/N-ethyl adjacent to an activating group) is 2. The Hall–Kier alpha value is -1.34. The Labute approximate surface area is 198 Å². The highest BCUT2D eigenvalue weighted by Crippen LogP contribution is 2.22. The maximum atomic E-state index is 11.1. The van der Waals surface area contributed by atoms with Crippen LogP contribution >= 0.6 is 37.2 Å². The minimum Gasteiger partial charge on any atom is -0.369 e. The van der Waals surface area contributed by atoms with Crippen molar-refractivity contribution in [3.63, 3.8) is 0 Å². The van der Waals surface area contributed by atoms with Crippen LogP contribution in [0.2, 0.25) is 0 Å². The van der Waals surface area contributed by atoms with Crippen molar-refractivity contribution in [3.05, 3.63) is 59.7 Å². The molecule has 0 radical (unpaired) electrons. The van der Waals surface area contributed by atoms with Gasteiger partial charge in [-0.05, 0) is 42.4 Å². The molecule has 8 heteroatoms. The summed E-state index contributed by atoms with van der Waals surface area (Å²) in [6.07, 6.45) is 0. The van der Waals surface area contributed by atoms with Crippen molar-refractivity contribution in [2.45, 2.75) is 13.1 Å². The Morgan fingerprint density at radius 2 is 1.57 bits per heavy atom. The SMILES string of the molecule is CN1CCN(Cc2ccc(-c3cccc(CN(C)CC(N)=O)c3)cc2)CC1.Cl.Cl.Cl. The smallest absolute Gasteiger partial charge is 0.231 e. The molecule has 2 aromatic carbocycles. The number of rotatable bonds is 7. The Kier molecular flexibility index (Phi) is 13.2. The Morgan fingerprint density at radius 3 is 2.17 bits per heavy atom. The molecule has 0 atom stereocenters. The number of hydrogen-bond acceptors (Lipinski definition) is 4. The summed E-state index contributed by atoms with van der Waals surface area (Å²) in [6.45, 7) is 6.57. The molecule has 1 heterocycles. The van der Waals surface area contributed by atoms with Gasteiger partial charge in [0.25, 0.3) is 0 Å². The van der Waals surface area contributed by atoms with Gasteiger partial charge in [-0.2, -0.15) is 0 Å². The predicted octanol–water partition coefficient (Wildman–Crippen LogP) is 3.28. The summed E-state index contributed by atoms with van der Waals surface area (Å²) in [4.78, 5) is 17.9. The summed E-state index contributed by atoms with van der Waals surface area (Å²) in [5.41, 5.74) is 10.2. The van der Waals surface area contributed by atoms with E-state index in [1.807, 2.05) is 11.9 Å². The number of primary amides is 1. The van der Waals surface area contributed by atoms with Crippen LogP contribution in [0.4, 0.5) is 0 Å². The molecule has 0 spiro atoms. The van der Waals surface area contributed by atoms with E-state index in [0.29, 0.717) is 6.54 Å². The standard InChI is InChI=1S/C22H30N4O.3ClH/c1-24-10-12-26(13-11-24)16-18-6-8-20(9-7-18)21-5-3-4-19(14-21)15-25(2)17-22(23)27;;;/h3-9,14H,10-13,15-17H2,1-2H3,(H2,23,27);3*1H. The van der Waals surface area contributed by atoms with Crippen molar-refractivity contribution in [1.82, 2.24) is 14.7 Å². The van der Waals surface area contributed by atoms with Crippen molar-refractivity contribution in [1.29, 1.82) is 0 Å². The van der Waals surface area contributed by atoms with Crippen molar-refractivity contribution in [2.75, 3.05) is 46.8 Å². The van der Waals surface area contributed by atoms with Crippen LogP contribution in [0, 0.1) is 0 Å². The topological polar surface area (TPSA) is 52.8 Å². The van der Waals surface area contributed by atoms with Crippen molar-refractivity contribution in [2.24, 2.45) is 5.73 Å². The lowest BCUT2D eigenvalue weighted by Crippen LogP contribution is -2.43. The molecule has 2 N–H and O–H groups in total. The maximum absolute atomic E-state index is 11.1. The highest BCUT2D eigenvalue weighted by Gasteiger charge is 2.13. The van der Waals surface area contributed by atoms with E-state index in [9.17, 15) is 4.79 Å². The fourth-order valence-electron chi connectivity index (χ4n) is 3.55. The number of carbonyl (C=O) groups is 1. The van der Waals surface area contributed by atoms with Gasteiger partial charge >= 0.3 is 0 Å². The fraction of sp³-hybridized carbons (Fsp3) is 0.409. The molecule has 0 bridgehead atoms. The first-order valence-corrected chi connectivity index (χ1v) is 9.55. The Morgan fingerprint density at radius 1 is 0.933 bits per heavy atom. The molecule has 168 valence electrons. The van der Waals surface area contributed by atoms with Gasteiger partial charge < -0.3 is 10.6 Å². The molecule has 5 nitrogen and oxygen atoms in total. The number of hydrogen-bond donors (Lipinski definition) is 1. The molecule has 1 amide bonds. The van der Waals surface area contributed by atoms with Crippen LogP contribution in [-0.2, 0) is 17.9 Å². The zero-order chi connectivity index (χ0) is 19.2. The van der Waals surface area contributed by atoms with Crippen LogP contribution in [0.1, 0.15) is 11.1 Å². The highest BCUT2D eigenvalue weighted by molar-refractivity contribution is 5.86. The van der Waals surface area contributed by atoms with Crippen LogP contribution in [0.5, 0.6) is 0 Å². The monoisotopic (exact) mass is 474 g/mol. The molecule has 1 aliphatic heterocycles. The van der Waals surface area contributed by atoms with Gasteiger partial charge in [0.1, 0.15) is 0 Å². The summed E-state index contributed by atoms with van der Waals surface area (Å²) in [7, 11) is 4.09. The fourth-order valence-corrected chi connectivity index (χ4v) is 3.55. The summed E-state index contributed by atoms with van der Waals surface area (Å²) in [5.74, 6) is -0.301. The van der Waals surface area contributed by atoms with Gasteiger partial charge in [0, 0.05) is 39.3 Å². The van der Waals surface area contributed by atoms with E-state index in [-0.39, 0.29) is 49.7 Å². The van der Waals surface area contributed by atoms with Gasteiger partial charge in [0.15, 0.2) is 0 Å². The number of nitrogens with zero attached hydrogens (tertiary/aromatic N) is 3. The maximum Gasteiger partial charge on any atom is 0.231 e. The minimum atomic E-state index is -0.301. The molecular formula is C22H33Cl3N4O. The van der Waals surface area contributed by atoms with E-state index in [4.69, 9.17) is 5.73 Å². The van der Waals surface area contributed by atoms with Crippen molar-refractivity contribution in [3.8, 4) is 11.1 Å². The van der Waals surface area contributed by atoms with E-state index in [2.05, 4.69) is 65.4 Å². The lowest BCUT2D eigenvalue weighted by atomic mass is 10.0. The van der Waals surface area contributed by atoms with E-state index in [1.165, 1.54) is 22.3 Å². The predicted molar refractivity (Wildman–Crippen MR) is 132 cm³/mol. The van der Waals surface area contributed by atoms with E-state index in [1.54, 1.807) is 0 Å². The number of nitrogens with two attached hydrogens (primary N) is 1. The van der Waals surface area contributed by atoms with E-state index in [0.717, 1.165) is 32.7 Å². The number of piperazine rings is 1. The third-order valence-electron chi connectivity index (χ3n) is 5.09. The minimum absolute atomic E-state index is 0. The van der Waals surface area contributed by atoms with Crippen LogP contribution in [0.15, 0.2) is 48.5 Å². The number of amides is 1. The van der Waals surface area contributed by atoms with Gasteiger partial charge in [-0.15, -0.1) is 37.2 Å². The summed E-state index contributed by atoms with van der Waals surface area (Å²) < 4.78 is 0.